The van der Waals surface area contributed by atoms with Crippen LogP contribution >= 0.6 is 12.2 Å². The minimum atomic E-state index is 0.228. The number of nitrogens with zero attached hydrogens (tertiary/aromatic N) is 1. The van der Waals surface area contributed by atoms with Crippen molar-refractivity contribution in [1.29, 1.82) is 0 Å². The van der Waals surface area contributed by atoms with Crippen LogP contribution in [0.15, 0.2) is 24.3 Å². The average molecular weight is 290 g/mol. The van der Waals surface area contributed by atoms with Crippen LogP contribution in [-0.4, -0.2) is 28.9 Å². The van der Waals surface area contributed by atoms with Crippen LogP contribution in [0, 0.1) is 5.92 Å². The molecule has 0 bridgehead atoms. The number of likely N-dealkylation sites (tertiary alicyclic amines) is 1. The van der Waals surface area contributed by atoms with Gasteiger partial charge >= 0.3 is 0 Å². The Hall–Kier alpha value is -1.42. The van der Waals surface area contributed by atoms with Gasteiger partial charge < -0.3 is 10.6 Å². The fourth-order valence-electron chi connectivity index (χ4n) is 2.70. The number of nitrogens with two attached hydrogens (primary N) is 1. The smallest absolute Gasteiger partial charge is 0.226 e. The Labute approximate surface area is 126 Å². The van der Waals surface area contributed by atoms with E-state index in [1.54, 1.807) is 0 Å². The third-order valence-electron chi connectivity index (χ3n) is 4.04. The van der Waals surface area contributed by atoms with Gasteiger partial charge in [-0.3, -0.25) is 4.79 Å². The van der Waals surface area contributed by atoms with E-state index in [1.807, 2.05) is 29.2 Å². The molecule has 1 unspecified atom stereocenters. The van der Waals surface area contributed by atoms with E-state index in [9.17, 15) is 4.79 Å². The second-order valence-electron chi connectivity index (χ2n) is 5.49. The summed E-state index contributed by atoms with van der Waals surface area (Å²) in [6.07, 6.45) is 4.01. The molecule has 1 heterocycles. The van der Waals surface area contributed by atoms with E-state index in [1.165, 1.54) is 6.42 Å². The highest BCUT2D eigenvalue weighted by Crippen LogP contribution is 2.20. The summed E-state index contributed by atoms with van der Waals surface area (Å²) >= 11 is 4.92. The molecule has 108 valence electrons. The quantitative estimate of drug-likeness (QED) is 0.867. The first kappa shape index (κ1) is 15.0. The predicted molar refractivity (Wildman–Crippen MR) is 85.6 cm³/mol. The summed E-state index contributed by atoms with van der Waals surface area (Å²) in [4.78, 5) is 14.7. The second-order valence-corrected chi connectivity index (χ2v) is 5.93. The van der Waals surface area contributed by atoms with Gasteiger partial charge in [-0.05, 0) is 24.3 Å². The molecule has 0 saturated carbocycles. The van der Waals surface area contributed by atoms with Crippen molar-refractivity contribution in [2.75, 3.05) is 13.1 Å². The van der Waals surface area contributed by atoms with Crippen LogP contribution < -0.4 is 5.73 Å². The molecule has 2 rings (SSSR count). The molecule has 1 aromatic carbocycles. The maximum atomic E-state index is 12.3. The summed E-state index contributed by atoms with van der Waals surface area (Å²) in [6.45, 7) is 4.02. The van der Waals surface area contributed by atoms with Gasteiger partial charge in [-0.25, -0.2) is 0 Å². The van der Waals surface area contributed by atoms with Crippen molar-refractivity contribution in [2.45, 2.75) is 32.6 Å². The number of hydrogen-bond acceptors (Lipinski definition) is 2. The lowest BCUT2D eigenvalue weighted by atomic mass is 9.95. The van der Waals surface area contributed by atoms with Crippen LogP contribution in [0.25, 0.3) is 0 Å². The summed E-state index contributed by atoms with van der Waals surface area (Å²) in [6, 6.07) is 7.65. The highest BCUT2D eigenvalue weighted by molar-refractivity contribution is 7.80. The topological polar surface area (TPSA) is 46.3 Å². The Balaban J connectivity index is 1.95. The summed E-state index contributed by atoms with van der Waals surface area (Å²) in [5.74, 6) is 0.899. The van der Waals surface area contributed by atoms with E-state index in [-0.39, 0.29) is 5.91 Å². The van der Waals surface area contributed by atoms with Gasteiger partial charge in [-0.1, -0.05) is 49.8 Å². The second kappa shape index (κ2) is 6.84. The Morgan fingerprint density at radius 2 is 2.10 bits per heavy atom. The van der Waals surface area contributed by atoms with Gasteiger partial charge in [0.05, 0.1) is 6.42 Å². The van der Waals surface area contributed by atoms with E-state index in [2.05, 4.69) is 6.92 Å². The lowest BCUT2D eigenvalue weighted by Gasteiger charge is -2.32. The Morgan fingerprint density at radius 3 is 2.70 bits per heavy atom. The number of benzene rings is 1. The van der Waals surface area contributed by atoms with Crippen LogP contribution in [0.3, 0.4) is 0 Å². The Bertz CT molecular complexity index is 484. The number of amides is 1. The van der Waals surface area contributed by atoms with E-state index < -0.39 is 0 Å². The maximum Gasteiger partial charge on any atom is 0.226 e. The zero-order valence-corrected chi connectivity index (χ0v) is 12.8. The molecule has 0 spiro atoms. The first-order valence-electron chi connectivity index (χ1n) is 7.26. The number of rotatable bonds is 4. The molecule has 1 aliphatic rings. The molecule has 1 aromatic rings. The van der Waals surface area contributed by atoms with Gasteiger partial charge in [0, 0.05) is 18.7 Å². The van der Waals surface area contributed by atoms with Crippen molar-refractivity contribution in [2.24, 2.45) is 11.7 Å². The standard InChI is InChI=1S/C16H22N2OS/c1-2-12-4-3-9-18(11-12)15(19)10-13-5-7-14(8-6-13)16(17)20/h5-8,12H,2-4,9-11H2,1H3,(H2,17,20). The molecular formula is C16H22N2OS. The van der Waals surface area contributed by atoms with Crippen LogP contribution in [0.5, 0.6) is 0 Å². The zero-order chi connectivity index (χ0) is 14.5. The summed E-state index contributed by atoms with van der Waals surface area (Å²) in [7, 11) is 0. The normalized spacial score (nSPS) is 18.9. The highest BCUT2D eigenvalue weighted by Gasteiger charge is 2.22. The number of carbonyl (C=O) groups is 1. The molecule has 0 radical (unpaired) electrons. The molecule has 1 amide bonds. The average Bonchev–Trinajstić information content (AvgIpc) is 2.47. The third kappa shape index (κ3) is 3.79. The van der Waals surface area contributed by atoms with Gasteiger partial charge in [0.2, 0.25) is 5.91 Å². The van der Waals surface area contributed by atoms with Crippen LogP contribution in [0.2, 0.25) is 0 Å². The largest absolute Gasteiger partial charge is 0.389 e. The SMILES string of the molecule is CCC1CCCN(C(=O)Cc2ccc(C(N)=S)cc2)C1. The van der Waals surface area contributed by atoms with Gasteiger partial charge in [0.1, 0.15) is 4.99 Å². The van der Waals surface area contributed by atoms with Crippen molar-refractivity contribution in [3.05, 3.63) is 35.4 Å². The summed E-state index contributed by atoms with van der Waals surface area (Å²) < 4.78 is 0. The van der Waals surface area contributed by atoms with Crippen LogP contribution in [-0.2, 0) is 11.2 Å². The fraction of sp³-hybridized carbons (Fsp3) is 0.500. The van der Waals surface area contributed by atoms with Crippen molar-refractivity contribution >= 4 is 23.1 Å². The van der Waals surface area contributed by atoms with Gasteiger partial charge in [-0.2, -0.15) is 0 Å². The minimum absolute atomic E-state index is 0.228. The highest BCUT2D eigenvalue weighted by atomic mass is 32.1. The first-order valence-corrected chi connectivity index (χ1v) is 7.67. The zero-order valence-electron chi connectivity index (χ0n) is 12.0. The molecule has 2 N–H and O–H groups in total. The number of carbonyl (C=O) groups excluding carboxylic acids is 1. The molecular weight excluding hydrogens is 268 g/mol. The Kier molecular flexibility index (Phi) is 5.12. The molecule has 1 atom stereocenters. The molecule has 1 fully saturated rings. The number of piperidine rings is 1. The molecule has 4 heteroatoms. The lowest BCUT2D eigenvalue weighted by Crippen LogP contribution is -2.40. The van der Waals surface area contributed by atoms with Crippen LogP contribution in [0.4, 0.5) is 0 Å². The molecule has 1 aliphatic heterocycles. The van der Waals surface area contributed by atoms with E-state index >= 15 is 0 Å². The molecule has 0 aromatic heterocycles. The van der Waals surface area contributed by atoms with Crippen molar-refractivity contribution in [3.63, 3.8) is 0 Å². The molecule has 1 saturated heterocycles. The van der Waals surface area contributed by atoms with E-state index in [0.29, 0.717) is 17.3 Å². The van der Waals surface area contributed by atoms with E-state index in [0.717, 1.165) is 37.1 Å². The number of hydrogen-bond donors (Lipinski definition) is 1. The van der Waals surface area contributed by atoms with Crippen molar-refractivity contribution in [1.82, 2.24) is 4.90 Å². The molecule has 20 heavy (non-hydrogen) atoms. The van der Waals surface area contributed by atoms with Gasteiger partial charge in [0.15, 0.2) is 0 Å². The molecule has 0 aliphatic carbocycles. The van der Waals surface area contributed by atoms with Crippen molar-refractivity contribution < 1.29 is 4.79 Å². The first-order chi connectivity index (χ1) is 9.60. The van der Waals surface area contributed by atoms with Gasteiger partial charge in [-0.15, -0.1) is 0 Å². The predicted octanol–water partition coefficient (Wildman–Crippen LogP) is 2.51. The van der Waals surface area contributed by atoms with Crippen molar-refractivity contribution in [3.8, 4) is 0 Å². The number of thiocarbonyl (C=S) groups is 1. The monoisotopic (exact) mass is 290 g/mol. The summed E-state index contributed by atoms with van der Waals surface area (Å²) in [5, 5.41) is 0. The van der Waals surface area contributed by atoms with Crippen LogP contribution in [0.1, 0.15) is 37.3 Å². The lowest BCUT2D eigenvalue weighted by molar-refractivity contribution is -0.132. The Morgan fingerprint density at radius 1 is 1.40 bits per heavy atom. The fourth-order valence-corrected chi connectivity index (χ4v) is 2.83. The molecule has 3 nitrogen and oxygen atoms in total. The third-order valence-corrected chi connectivity index (χ3v) is 4.28. The van der Waals surface area contributed by atoms with E-state index in [4.69, 9.17) is 18.0 Å². The summed E-state index contributed by atoms with van der Waals surface area (Å²) in [5.41, 5.74) is 7.44. The minimum Gasteiger partial charge on any atom is -0.389 e. The maximum absolute atomic E-state index is 12.3. The van der Waals surface area contributed by atoms with Gasteiger partial charge in [0.25, 0.3) is 0 Å².